The molecule has 1 heterocycles. The number of amides is 2. The summed E-state index contributed by atoms with van der Waals surface area (Å²) < 4.78 is 13.5. The number of amidine groups is 1. The van der Waals surface area contributed by atoms with E-state index in [0.29, 0.717) is 42.2 Å². The smallest absolute Gasteiger partial charge is 0.261 e. The van der Waals surface area contributed by atoms with Crippen LogP contribution in [0.25, 0.3) is 0 Å². The third-order valence-corrected chi connectivity index (χ3v) is 7.77. The van der Waals surface area contributed by atoms with E-state index in [1.54, 1.807) is 0 Å². The predicted octanol–water partition coefficient (Wildman–Crippen LogP) is 2.24. The standard InChI is InChI=1S/C24H32ClFN6O2/c1-29-23(28)21(24(34)31-16-2-3-19(26)18(25)12-16)22(27)15-8-13-10-17(11-14(13)9-15)32-6-4-20(33)30-5-7-32/h2-3,12-15,17H,4-11,27H2,1H3,(H2,28,29)(H,30,33)(H,31,34)/b22-21+. The van der Waals surface area contributed by atoms with E-state index in [0.717, 1.165) is 38.8 Å². The topological polar surface area (TPSA) is 126 Å². The Morgan fingerprint density at radius 2 is 1.91 bits per heavy atom. The first-order valence-electron chi connectivity index (χ1n) is 11.8. The van der Waals surface area contributed by atoms with Crippen LogP contribution >= 0.6 is 11.6 Å². The predicted molar refractivity (Wildman–Crippen MR) is 131 cm³/mol. The molecule has 0 radical (unpaired) electrons. The van der Waals surface area contributed by atoms with Crippen molar-refractivity contribution in [1.82, 2.24) is 10.2 Å². The molecule has 3 fully saturated rings. The molecule has 2 aliphatic carbocycles. The van der Waals surface area contributed by atoms with Gasteiger partial charge in [0.05, 0.1) is 5.02 Å². The Balaban J connectivity index is 1.45. The lowest BCUT2D eigenvalue weighted by atomic mass is 9.94. The van der Waals surface area contributed by atoms with Crippen molar-refractivity contribution in [2.24, 2.45) is 34.2 Å². The second-order valence-electron chi connectivity index (χ2n) is 9.47. The molecule has 10 heteroatoms. The van der Waals surface area contributed by atoms with Gasteiger partial charge in [-0.15, -0.1) is 0 Å². The minimum atomic E-state index is -0.566. The molecule has 2 amide bonds. The van der Waals surface area contributed by atoms with Crippen molar-refractivity contribution in [1.29, 1.82) is 0 Å². The average Bonchev–Trinajstić information content (AvgIpc) is 3.30. The Morgan fingerprint density at radius 3 is 2.56 bits per heavy atom. The molecule has 1 aromatic carbocycles. The molecule has 184 valence electrons. The molecule has 34 heavy (non-hydrogen) atoms. The normalized spacial score (nSPS) is 28.7. The van der Waals surface area contributed by atoms with Crippen LogP contribution in [0.2, 0.25) is 5.02 Å². The molecule has 1 saturated heterocycles. The lowest BCUT2D eigenvalue weighted by molar-refractivity contribution is -0.120. The van der Waals surface area contributed by atoms with Crippen molar-refractivity contribution in [3.8, 4) is 0 Å². The minimum absolute atomic E-state index is 0.0428. The Bertz CT molecular complexity index is 1010. The molecule has 8 nitrogen and oxygen atoms in total. The van der Waals surface area contributed by atoms with Gasteiger partial charge in [0.25, 0.3) is 5.91 Å². The quantitative estimate of drug-likeness (QED) is 0.286. The SMILES string of the molecule is CN=C(N)/C(C(=O)Nc1ccc(F)c(Cl)c1)=C(\N)C1CC2CC(N3CCNC(=O)CC3)CC2C1. The highest BCUT2D eigenvalue weighted by Gasteiger charge is 2.44. The average molecular weight is 491 g/mol. The minimum Gasteiger partial charge on any atom is -0.401 e. The summed E-state index contributed by atoms with van der Waals surface area (Å²) in [4.78, 5) is 31.2. The van der Waals surface area contributed by atoms with Crippen molar-refractivity contribution in [3.63, 3.8) is 0 Å². The third-order valence-electron chi connectivity index (χ3n) is 7.48. The van der Waals surface area contributed by atoms with Crippen molar-refractivity contribution < 1.29 is 14.0 Å². The summed E-state index contributed by atoms with van der Waals surface area (Å²) in [5.74, 6) is 0.243. The third kappa shape index (κ3) is 5.20. The number of anilines is 1. The highest BCUT2D eigenvalue weighted by Crippen LogP contribution is 2.50. The number of nitrogens with two attached hydrogens (primary N) is 2. The maximum absolute atomic E-state index is 13.5. The number of carbonyl (C=O) groups excluding carboxylic acids is 2. The van der Waals surface area contributed by atoms with Gasteiger partial charge in [-0.25, -0.2) is 4.39 Å². The molecule has 0 spiro atoms. The summed E-state index contributed by atoms with van der Waals surface area (Å²) in [6, 6.07) is 4.45. The van der Waals surface area contributed by atoms with Gasteiger partial charge in [-0.2, -0.15) is 0 Å². The molecule has 2 unspecified atom stereocenters. The zero-order valence-electron chi connectivity index (χ0n) is 19.3. The fourth-order valence-corrected chi connectivity index (χ4v) is 5.95. The monoisotopic (exact) mass is 490 g/mol. The van der Waals surface area contributed by atoms with Crippen LogP contribution in [0.5, 0.6) is 0 Å². The van der Waals surface area contributed by atoms with Gasteiger partial charge in [0, 0.05) is 50.5 Å². The Hall–Kier alpha value is -2.65. The summed E-state index contributed by atoms with van der Waals surface area (Å²) >= 11 is 5.84. The van der Waals surface area contributed by atoms with Gasteiger partial charge in [0.1, 0.15) is 17.2 Å². The van der Waals surface area contributed by atoms with E-state index in [1.807, 2.05) is 0 Å². The molecule has 6 N–H and O–H groups in total. The van der Waals surface area contributed by atoms with E-state index in [1.165, 1.54) is 25.2 Å². The summed E-state index contributed by atoms with van der Waals surface area (Å²) in [6.45, 7) is 2.40. The number of rotatable bonds is 5. The van der Waals surface area contributed by atoms with E-state index in [-0.39, 0.29) is 28.3 Å². The molecule has 1 aromatic rings. The molecule has 3 aliphatic rings. The number of nitrogens with zero attached hydrogens (tertiary/aromatic N) is 2. The summed E-state index contributed by atoms with van der Waals surface area (Å²) in [6.07, 6.45) is 4.51. The maximum Gasteiger partial charge on any atom is 0.261 e. The van der Waals surface area contributed by atoms with Crippen LogP contribution in [0.4, 0.5) is 10.1 Å². The highest BCUT2D eigenvalue weighted by atomic mass is 35.5. The summed E-state index contributed by atoms with van der Waals surface area (Å²) in [5, 5.41) is 5.57. The number of carbonyl (C=O) groups is 2. The van der Waals surface area contributed by atoms with Crippen molar-refractivity contribution in [3.05, 3.63) is 40.3 Å². The number of fused-ring (bicyclic) bond motifs is 1. The van der Waals surface area contributed by atoms with Gasteiger partial charge in [-0.3, -0.25) is 19.5 Å². The largest absolute Gasteiger partial charge is 0.401 e. The van der Waals surface area contributed by atoms with E-state index in [2.05, 4.69) is 20.5 Å². The van der Waals surface area contributed by atoms with Gasteiger partial charge in [0.2, 0.25) is 5.91 Å². The molecule has 2 atom stereocenters. The first kappa shape index (κ1) is 24.5. The molecule has 0 bridgehead atoms. The van der Waals surface area contributed by atoms with Crippen LogP contribution in [-0.4, -0.2) is 55.3 Å². The van der Waals surface area contributed by atoms with Crippen LogP contribution in [0.1, 0.15) is 32.1 Å². The number of benzene rings is 1. The van der Waals surface area contributed by atoms with E-state index < -0.39 is 11.7 Å². The lowest BCUT2D eigenvalue weighted by Crippen LogP contribution is -2.37. The van der Waals surface area contributed by atoms with Crippen LogP contribution < -0.4 is 22.1 Å². The number of hydrogen-bond acceptors (Lipinski definition) is 5. The fourth-order valence-electron chi connectivity index (χ4n) is 5.76. The molecule has 0 aromatic heterocycles. The van der Waals surface area contributed by atoms with Gasteiger partial charge >= 0.3 is 0 Å². The van der Waals surface area contributed by atoms with Crippen LogP contribution in [0.15, 0.2) is 34.5 Å². The fraction of sp³-hybridized carbons (Fsp3) is 0.542. The molecular weight excluding hydrogens is 459 g/mol. The first-order chi connectivity index (χ1) is 16.3. The van der Waals surface area contributed by atoms with E-state index in [4.69, 9.17) is 23.1 Å². The molecule has 4 rings (SSSR count). The highest BCUT2D eigenvalue weighted by molar-refractivity contribution is 6.31. The Labute approximate surface area is 204 Å². The zero-order chi connectivity index (χ0) is 24.4. The Morgan fingerprint density at radius 1 is 1.21 bits per heavy atom. The number of allylic oxidation sites excluding steroid dienone is 1. The van der Waals surface area contributed by atoms with Crippen LogP contribution in [0, 0.1) is 23.6 Å². The zero-order valence-corrected chi connectivity index (χ0v) is 20.1. The number of hydrogen-bond donors (Lipinski definition) is 4. The first-order valence-corrected chi connectivity index (χ1v) is 12.1. The molecule has 1 aliphatic heterocycles. The van der Waals surface area contributed by atoms with E-state index in [9.17, 15) is 14.0 Å². The van der Waals surface area contributed by atoms with Crippen molar-refractivity contribution in [2.75, 3.05) is 32.0 Å². The number of nitrogens with one attached hydrogen (secondary N) is 2. The van der Waals surface area contributed by atoms with Crippen LogP contribution in [-0.2, 0) is 9.59 Å². The summed E-state index contributed by atoms with van der Waals surface area (Å²) in [5.41, 5.74) is 13.6. The van der Waals surface area contributed by atoms with Crippen LogP contribution in [0.3, 0.4) is 0 Å². The molecule has 2 saturated carbocycles. The number of halogens is 2. The van der Waals surface area contributed by atoms with Gasteiger partial charge in [-0.05, 0) is 61.6 Å². The summed E-state index contributed by atoms with van der Waals surface area (Å²) in [7, 11) is 1.51. The molecular formula is C24H32ClFN6O2. The van der Waals surface area contributed by atoms with Crippen molar-refractivity contribution >= 4 is 34.9 Å². The van der Waals surface area contributed by atoms with Gasteiger partial charge in [-0.1, -0.05) is 11.6 Å². The van der Waals surface area contributed by atoms with Crippen molar-refractivity contribution in [2.45, 2.75) is 38.1 Å². The van der Waals surface area contributed by atoms with Gasteiger partial charge < -0.3 is 22.1 Å². The second-order valence-corrected chi connectivity index (χ2v) is 9.88. The number of aliphatic imine (C=N–C) groups is 1. The van der Waals surface area contributed by atoms with E-state index >= 15 is 0 Å². The Kier molecular flexibility index (Phi) is 7.42. The van der Waals surface area contributed by atoms with Gasteiger partial charge in [0.15, 0.2) is 0 Å². The maximum atomic E-state index is 13.5. The lowest BCUT2D eigenvalue weighted by Gasteiger charge is -2.28. The second kappa shape index (κ2) is 10.3.